The van der Waals surface area contributed by atoms with Gasteiger partial charge in [-0.3, -0.25) is 0 Å². The maximum atomic E-state index is 12.2. The molecule has 1 aromatic rings. The molecule has 0 radical (unpaired) electrons. The molecule has 0 aliphatic carbocycles. The fourth-order valence-corrected chi connectivity index (χ4v) is 1.77. The zero-order valence-corrected chi connectivity index (χ0v) is 10.5. The second-order valence-electron chi connectivity index (χ2n) is 4.19. The smallest absolute Gasteiger partial charge is 0.388 e. The van der Waals surface area contributed by atoms with Gasteiger partial charge in [0.25, 0.3) is 0 Å². The highest BCUT2D eigenvalue weighted by Gasteiger charge is 2.37. The van der Waals surface area contributed by atoms with E-state index in [1.807, 2.05) is 25.1 Å². The number of alkyl halides is 3. The van der Waals surface area contributed by atoms with Crippen LogP contribution in [0, 0.1) is 0 Å². The number of anilines is 1. The van der Waals surface area contributed by atoms with Gasteiger partial charge < -0.3 is 10.4 Å². The molecule has 0 amide bonds. The summed E-state index contributed by atoms with van der Waals surface area (Å²) in [6.45, 7) is 1.99. The molecule has 1 atom stereocenters. The molecule has 0 aliphatic rings. The van der Waals surface area contributed by atoms with E-state index in [1.165, 1.54) is 0 Å². The molecule has 18 heavy (non-hydrogen) atoms. The summed E-state index contributed by atoms with van der Waals surface area (Å²) < 4.78 is 36.6. The molecular formula is C13H18F3NO. The zero-order valence-electron chi connectivity index (χ0n) is 10.5. The van der Waals surface area contributed by atoms with E-state index in [0.29, 0.717) is 0 Å². The number of halogens is 3. The first kappa shape index (κ1) is 14.8. The number of aryl methyl sites for hydroxylation is 2. The van der Waals surface area contributed by atoms with Crippen molar-refractivity contribution in [2.45, 2.75) is 38.5 Å². The highest BCUT2D eigenvalue weighted by molar-refractivity contribution is 5.52. The van der Waals surface area contributed by atoms with Gasteiger partial charge in [0.05, 0.1) is 0 Å². The molecule has 2 nitrogen and oxygen atoms in total. The van der Waals surface area contributed by atoms with Gasteiger partial charge in [-0.05, 0) is 36.5 Å². The molecule has 102 valence electrons. The van der Waals surface area contributed by atoms with Crippen molar-refractivity contribution in [2.24, 2.45) is 0 Å². The lowest BCUT2D eigenvalue weighted by Gasteiger charge is -2.16. The Bertz CT molecular complexity index is 390. The molecule has 1 rings (SSSR count). The first-order valence-corrected chi connectivity index (χ1v) is 5.92. The van der Waals surface area contributed by atoms with Gasteiger partial charge in [0.1, 0.15) is 6.10 Å². The lowest BCUT2D eigenvalue weighted by atomic mass is 10.0. The van der Waals surface area contributed by atoms with Crippen molar-refractivity contribution in [3.05, 3.63) is 29.3 Å². The number of aliphatic hydroxyl groups excluding tert-OH is 1. The predicted octanol–water partition coefficient (Wildman–Crippen LogP) is 3.15. The van der Waals surface area contributed by atoms with E-state index >= 15 is 0 Å². The van der Waals surface area contributed by atoms with Gasteiger partial charge in [-0.1, -0.05) is 19.1 Å². The summed E-state index contributed by atoms with van der Waals surface area (Å²) in [6, 6.07) is 5.68. The van der Waals surface area contributed by atoms with E-state index in [2.05, 4.69) is 5.32 Å². The minimum Gasteiger partial charge on any atom is -0.388 e. The van der Waals surface area contributed by atoms with Crippen molar-refractivity contribution >= 4 is 5.69 Å². The standard InChI is InChI=1S/C13H18F3NO/c1-3-9-4-6-11(17-2)10(8-9)5-7-12(18)13(14,15)16/h4,6,8,12,17-18H,3,5,7H2,1-2H3. The molecule has 2 N–H and O–H groups in total. The summed E-state index contributed by atoms with van der Waals surface area (Å²) in [4.78, 5) is 0. The van der Waals surface area contributed by atoms with Crippen molar-refractivity contribution in [2.75, 3.05) is 12.4 Å². The lowest BCUT2D eigenvalue weighted by molar-refractivity contribution is -0.205. The molecule has 0 saturated heterocycles. The SMILES string of the molecule is CCc1ccc(NC)c(CCC(O)C(F)(F)F)c1. The summed E-state index contributed by atoms with van der Waals surface area (Å²) in [7, 11) is 1.73. The third-order valence-electron chi connectivity index (χ3n) is 2.91. The van der Waals surface area contributed by atoms with Gasteiger partial charge in [0, 0.05) is 12.7 Å². The Morgan fingerprint density at radius 1 is 1.33 bits per heavy atom. The Balaban J connectivity index is 2.77. The monoisotopic (exact) mass is 261 g/mol. The normalized spacial score (nSPS) is 13.4. The number of hydrogen-bond acceptors (Lipinski definition) is 2. The van der Waals surface area contributed by atoms with Gasteiger partial charge in [0.15, 0.2) is 0 Å². The van der Waals surface area contributed by atoms with Crippen LogP contribution < -0.4 is 5.32 Å². The molecular weight excluding hydrogens is 243 g/mol. The number of benzene rings is 1. The number of nitrogens with one attached hydrogen (secondary N) is 1. The van der Waals surface area contributed by atoms with Crippen LogP contribution >= 0.6 is 0 Å². The zero-order chi connectivity index (χ0) is 13.8. The number of rotatable bonds is 5. The van der Waals surface area contributed by atoms with Crippen LogP contribution in [0.2, 0.25) is 0 Å². The molecule has 1 aromatic carbocycles. The van der Waals surface area contributed by atoms with E-state index in [9.17, 15) is 13.2 Å². The lowest BCUT2D eigenvalue weighted by Crippen LogP contribution is -2.28. The topological polar surface area (TPSA) is 32.3 Å². The van der Waals surface area contributed by atoms with Crippen molar-refractivity contribution < 1.29 is 18.3 Å². The van der Waals surface area contributed by atoms with Crippen molar-refractivity contribution in [1.29, 1.82) is 0 Å². The van der Waals surface area contributed by atoms with E-state index in [0.717, 1.165) is 23.2 Å². The van der Waals surface area contributed by atoms with Crippen molar-refractivity contribution in [3.63, 3.8) is 0 Å². The maximum Gasteiger partial charge on any atom is 0.414 e. The molecule has 0 aromatic heterocycles. The van der Waals surface area contributed by atoms with Crippen molar-refractivity contribution in [3.8, 4) is 0 Å². The molecule has 0 spiro atoms. The Hall–Kier alpha value is -1.23. The second kappa shape index (κ2) is 6.09. The first-order valence-electron chi connectivity index (χ1n) is 5.92. The highest BCUT2D eigenvalue weighted by Crippen LogP contribution is 2.26. The molecule has 0 bridgehead atoms. The van der Waals surface area contributed by atoms with Gasteiger partial charge in [0.2, 0.25) is 0 Å². The minimum absolute atomic E-state index is 0.199. The summed E-state index contributed by atoms with van der Waals surface area (Å²) in [6.07, 6.45) is -6.08. The largest absolute Gasteiger partial charge is 0.414 e. The van der Waals surface area contributed by atoms with Crippen LogP contribution in [0.4, 0.5) is 18.9 Å². The third kappa shape index (κ3) is 3.91. The average Bonchev–Trinajstić information content (AvgIpc) is 2.34. The van der Waals surface area contributed by atoms with Crippen LogP contribution in [0.1, 0.15) is 24.5 Å². The molecule has 0 saturated carbocycles. The first-order chi connectivity index (χ1) is 8.38. The molecule has 0 heterocycles. The van der Waals surface area contributed by atoms with Crippen LogP contribution in [-0.2, 0) is 12.8 Å². The van der Waals surface area contributed by atoms with E-state index < -0.39 is 12.3 Å². The maximum absolute atomic E-state index is 12.2. The Labute approximate surface area is 105 Å². The van der Waals surface area contributed by atoms with Crippen LogP contribution in [0.5, 0.6) is 0 Å². The third-order valence-corrected chi connectivity index (χ3v) is 2.91. The van der Waals surface area contributed by atoms with Gasteiger partial charge in [-0.15, -0.1) is 0 Å². The van der Waals surface area contributed by atoms with Crippen LogP contribution in [0.25, 0.3) is 0 Å². The van der Waals surface area contributed by atoms with Gasteiger partial charge in [-0.2, -0.15) is 13.2 Å². The average molecular weight is 261 g/mol. The van der Waals surface area contributed by atoms with E-state index in [4.69, 9.17) is 5.11 Å². The summed E-state index contributed by atoms with van der Waals surface area (Å²) in [5.41, 5.74) is 2.69. The number of hydrogen-bond donors (Lipinski definition) is 2. The predicted molar refractivity (Wildman–Crippen MR) is 65.7 cm³/mol. The fourth-order valence-electron chi connectivity index (χ4n) is 1.77. The molecule has 1 unspecified atom stereocenters. The van der Waals surface area contributed by atoms with Crippen LogP contribution in [-0.4, -0.2) is 24.4 Å². The van der Waals surface area contributed by atoms with Gasteiger partial charge >= 0.3 is 6.18 Å². The Morgan fingerprint density at radius 2 is 2.00 bits per heavy atom. The summed E-state index contributed by atoms with van der Waals surface area (Å²) >= 11 is 0. The van der Waals surface area contributed by atoms with E-state index in [-0.39, 0.29) is 12.8 Å². The molecule has 5 heteroatoms. The molecule has 0 aliphatic heterocycles. The quantitative estimate of drug-likeness (QED) is 0.853. The highest BCUT2D eigenvalue weighted by atomic mass is 19.4. The minimum atomic E-state index is -4.54. The Kier molecular flexibility index (Phi) is 5.02. The van der Waals surface area contributed by atoms with Crippen LogP contribution in [0.3, 0.4) is 0 Å². The summed E-state index contributed by atoms with van der Waals surface area (Å²) in [5, 5.41) is 11.9. The Morgan fingerprint density at radius 3 is 2.50 bits per heavy atom. The summed E-state index contributed by atoms with van der Waals surface area (Å²) in [5.74, 6) is 0. The van der Waals surface area contributed by atoms with Gasteiger partial charge in [-0.25, -0.2) is 0 Å². The molecule has 0 fully saturated rings. The van der Waals surface area contributed by atoms with Crippen molar-refractivity contribution in [1.82, 2.24) is 0 Å². The van der Waals surface area contributed by atoms with E-state index in [1.54, 1.807) is 7.05 Å². The number of aliphatic hydroxyl groups is 1. The second-order valence-corrected chi connectivity index (χ2v) is 4.19. The van der Waals surface area contributed by atoms with Crippen LogP contribution in [0.15, 0.2) is 18.2 Å². The fraction of sp³-hybridized carbons (Fsp3) is 0.538.